The number of anilines is 1. The SMILES string of the molecule is Nc1ccc(-c2nc3cc(Br)ccc3o2)cc1O. The minimum atomic E-state index is 0.0240. The van der Waals surface area contributed by atoms with Crippen LogP contribution >= 0.6 is 15.9 Å². The molecule has 0 saturated heterocycles. The summed E-state index contributed by atoms with van der Waals surface area (Å²) in [7, 11) is 0. The first kappa shape index (κ1) is 11.1. The number of oxazole rings is 1. The number of hydrogen-bond acceptors (Lipinski definition) is 4. The Bertz CT molecular complexity index is 737. The van der Waals surface area contributed by atoms with Crippen molar-refractivity contribution in [2.45, 2.75) is 0 Å². The van der Waals surface area contributed by atoms with Crippen LogP contribution in [0.25, 0.3) is 22.6 Å². The highest BCUT2D eigenvalue weighted by Gasteiger charge is 2.10. The molecule has 0 bridgehead atoms. The molecule has 90 valence electrons. The lowest BCUT2D eigenvalue weighted by Crippen LogP contribution is -1.85. The van der Waals surface area contributed by atoms with Gasteiger partial charge in [-0.3, -0.25) is 0 Å². The molecule has 3 N–H and O–H groups in total. The summed E-state index contributed by atoms with van der Waals surface area (Å²) in [4.78, 5) is 4.37. The fourth-order valence-corrected chi connectivity index (χ4v) is 2.05. The fourth-order valence-electron chi connectivity index (χ4n) is 1.70. The Morgan fingerprint density at radius 2 is 2.00 bits per heavy atom. The number of fused-ring (bicyclic) bond motifs is 1. The van der Waals surface area contributed by atoms with Crippen LogP contribution in [0, 0.1) is 0 Å². The normalized spacial score (nSPS) is 10.9. The van der Waals surface area contributed by atoms with Crippen molar-refractivity contribution < 1.29 is 9.52 Å². The van der Waals surface area contributed by atoms with Crippen molar-refractivity contribution in [3.05, 3.63) is 40.9 Å². The lowest BCUT2D eigenvalue weighted by atomic mass is 10.2. The van der Waals surface area contributed by atoms with E-state index < -0.39 is 0 Å². The molecular weight excluding hydrogens is 296 g/mol. The second kappa shape index (κ2) is 4.03. The van der Waals surface area contributed by atoms with E-state index >= 15 is 0 Å². The van der Waals surface area contributed by atoms with Gasteiger partial charge in [-0.25, -0.2) is 4.98 Å². The Hall–Kier alpha value is -2.01. The van der Waals surface area contributed by atoms with Gasteiger partial charge in [0.1, 0.15) is 11.3 Å². The quantitative estimate of drug-likeness (QED) is 0.533. The van der Waals surface area contributed by atoms with Crippen molar-refractivity contribution >= 4 is 32.7 Å². The largest absolute Gasteiger partial charge is 0.506 e. The van der Waals surface area contributed by atoms with E-state index in [9.17, 15) is 5.11 Å². The summed E-state index contributed by atoms with van der Waals surface area (Å²) in [5, 5.41) is 9.58. The number of phenolic OH excluding ortho intramolecular Hbond substituents is 1. The van der Waals surface area contributed by atoms with E-state index in [0.29, 0.717) is 22.7 Å². The van der Waals surface area contributed by atoms with Crippen LogP contribution in [0.1, 0.15) is 0 Å². The van der Waals surface area contributed by atoms with Crippen LogP contribution in [0.4, 0.5) is 5.69 Å². The van der Waals surface area contributed by atoms with Gasteiger partial charge in [0.05, 0.1) is 5.69 Å². The summed E-state index contributed by atoms with van der Waals surface area (Å²) in [6.07, 6.45) is 0. The van der Waals surface area contributed by atoms with Crippen molar-refractivity contribution in [3.63, 3.8) is 0 Å². The Morgan fingerprint density at radius 1 is 1.17 bits per heavy atom. The number of hydrogen-bond donors (Lipinski definition) is 2. The van der Waals surface area contributed by atoms with Gasteiger partial charge in [-0.15, -0.1) is 0 Å². The Kier molecular flexibility index (Phi) is 2.48. The highest BCUT2D eigenvalue weighted by Crippen LogP contribution is 2.30. The number of halogens is 1. The predicted octanol–water partition coefficient (Wildman–Crippen LogP) is 3.55. The zero-order valence-corrected chi connectivity index (χ0v) is 10.8. The van der Waals surface area contributed by atoms with Crippen LogP contribution in [0.3, 0.4) is 0 Å². The Balaban J connectivity index is 2.16. The molecule has 1 heterocycles. The summed E-state index contributed by atoms with van der Waals surface area (Å²) >= 11 is 3.38. The van der Waals surface area contributed by atoms with Crippen LogP contribution < -0.4 is 5.73 Å². The second-order valence-electron chi connectivity index (χ2n) is 3.90. The van der Waals surface area contributed by atoms with Gasteiger partial charge in [0.15, 0.2) is 5.58 Å². The van der Waals surface area contributed by atoms with E-state index in [1.807, 2.05) is 18.2 Å². The average Bonchev–Trinajstić information content (AvgIpc) is 2.75. The molecule has 4 nitrogen and oxygen atoms in total. The van der Waals surface area contributed by atoms with Crippen LogP contribution in [-0.4, -0.2) is 10.1 Å². The molecule has 5 heteroatoms. The number of aromatic nitrogens is 1. The van der Waals surface area contributed by atoms with E-state index in [4.69, 9.17) is 10.2 Å². The van der Waals surface area contributed by atoms with Crippen molar-refractivity contribution in [2.24, 2.45) is 0 Å². The number of nitrogens with two attached hydrogens (primary N) is 1. The predicted molar refractivity (Wildman–Crippen MR) is 73.2 cm³/mol. The molecule has 0 aliphatic rings. The number of rotatable bonds is 1. The topological polar surface area (TPSA) is 72.3 Å². The minimum Gasteiger partial charge on any atom is -0.506 e. The smallest absolute Gasteiger partial charge is 0.227 e. The first-order valence-electron chi connectivity index (χ1n) is 5.28. The maximum Gasteiger partial charge on any atom is 0.227 e. The summed E-state index contributed by atoms with van der Waals surface area (Å²) in [5.74, 6) is 0.481. The third-order valence-electron chi connectivity index (χ3n) is 2.63. The van der Waals surface area contributed by atoms with Gasteiger partial charge >= 0.3 is 0 Å². The van der Waals surface area contributed by atoms with Gasteiger partial charge in [-0.1, -0.05) is 15.9 Å². The minimum absolute atomic E-state index is 0.0240. The molecule has 3 rings (SSSR count). The van der Waals surface area contributed by atoms with Crippen molar-refractivity contribution in [1.29, 1.82) is 0 Å². The summed E-state index contributed by atoms with van der Waals surface area (Å²) < 4.78 is 6.56. The van der Waals surface area contributed by atoms with Crippen LogP contribution in [0.15, 0.2) is 45.3 Å². The molecular formula is C13H9BrN2O2. The first-order chi connectivity index (χ1) is 8.63. The number of aromatic hydroxyl groups is 1. The van der Waals surface area contributed by atoms with Gasteiger partial charge in [-0.2, -0.15) is 0 Å². The molecule has 0 aliphatic heterocycles. The van der Waals surface area contributed by atoms with Gasteiger partial charge in [0.2, 0.25) is 5.89 Å². The molecule has 0 saturated carbocycles. The van der Waals surface area contributed by atoms with Crippen LogP contribution in [-0.2, 0) is 0 Å². The summed E-state index contributed by atoms with van der Waals surface area (Å²) in [6.45, 7) is 0. The van der Waals surface area contributed by atoms with E-state index in [1.165, 1.54) is 6.07 Å². The zero-order chi connectivity index (χ0) is 12.7. The van der Waals surface area contributed by atoms with Gasteiger partial charge in [0, 0.05) is 10.0 Å². The lowest BCUT2D eigenvalue weighted by Gasteiger charge is -1.99. The van der Waals surface area contributed by atoms with Crippen LogP contribution in [0.2, 0.25) is 0 Å². The maximum absolute atomic E-state index is 9.58. The Morgan fingerprint density at radius 3 is 2.78 bits per heavy atom. The highest BCUT2D eigenvalue weighted by molar-refractivity contribution is 9.10. The molecule has 0 spiro atoms. The van der Waals surface area contributed by atoms with E-state index in [-0.39, 0.29) is 5.75 Å². The Labute approximate surface area is 111 Å². The number of phenols is 1. The molecule has 0 fully saturated rings. The number of benzene rings is 2. The lowest BCUT2D eigenvalue weighted by molar-refractivity contribution is 0.478. The van der Waals surface area contributed by atoms with E-state index in [2.05, 4.69) is 20.9 Å². The van der Waals surface area contributed by atoms with E-state index in [1.54, 1.807) is 12.1 Å². The van der Waals surface area contributed by atoms with Gasteiger partial charge in [0.25, 0.3) is 0 Å². The molecule has 2 aromatic carbocycles. The van der Waals surface area contributed by atoms with Crippen LogP contribution in [0.5, 0.6) is 5.75 Å². The fraction of sp³-hybridized carbons (Fsp3) is 0. The van der Waals surface area contributed by atoms with E-state index in [0.717, 1.165) is 9.99 Å². The third-order valence-corrected chi connectivity index (χ3v) is 3.12. The third kappa shape index (κ3) is 1.82. The molecule has 0 unspecified atom stereocenters. The molecule has 0 amide bonds. The maximum atomic E-state index is 9.58. The monoisotopic (exact) mass is 304 g/mol. The van der Waals surface area contributed by atoms with Crippen molar-refractivity contribution in [2.75, 3.05) is 5.73 Å². The van der Waals surface area contributed by atoms with Gasteiger partial charge in [-0.05, 0) is 36.4 Å². The molecule has 3 aromatic rings. The van der Waals surface area contributed by atoms with Gasteiger partial charge < -0.3 is 15.3 Å². The summed E-state index contributed by atoms with van der Waals surface area (Å²) in [6, 6.07) is 10.5. The molecule has 0 aliphatic carbocycles. The molecule has 0 radical (unpaired) electrons. The molecule has 18 heavy (non-hydrogen) atoms. The molecule has 1 aromatic heterocycles. The highest BCUT2D eigenvalue weighted by atomic mass is 79.9. The average molecular weight is 305 g/mol. The first-order valence-corrected chi connectivity index (χ1v) is 6.08. The number of nitrogens with zero attached hydrogens (tertiary/aromatic N) is 1. The second-order valence-corrected chi connectivity index (χ2v) is 4.82. The number of nitrogen functional groups attached to an aromatic ring is 1. The van der Waals surface area contributed by atoms with Crippen molar-refractivity contribution in [1.82, 2.24) is 4.98 Å². The molecule has 0 atom stereocenters. The van der Waals surface area contributed by atoms with Crippen molar-refractivity contribution in [3.8, 4) is 17.2 Å². The standard InChI is InChI=1S/C13H9BrN2O2/c14-8-2-4-12-10(6-8)16-13(18-12)7-1-3-9(15)11(17)5-7/h1-6,17H,15H2. The zero-order valence-electron chi connectivity index (χ0n) is 9.22. The summed E-state index contributed by atoms with van der Waals surface area (Å²) in [5.41, 5.74) is 8.03.